The summed E-state index contributed by atoms with van der Waals surface area (Å²) >= 11 is 11.7. The van der Waals surface area contributed by atoms with Crippen molar-refractivity contribution < 1.29 is 19.4 Å². The Morgan fingerprint density at radius 3 is 2.86 bits per heavy atom. The van der Waals surface area contributed by atoms with Crippen LogP contribution >= 0.6 is 23.2 Å². The van der Waals surface area contributed by atoms with E-state index in [1.165, 1.54) is 0 Å². The number of carbonyl (C=O) groups excluding carboxylic acids is 1. The summed E-state index contributed by atoms with van der Waals surface area (Å²) in [5.41, 5.74) is 0. The summed E-state index contributed by atoms with van der Waals surface area (Å²) in [5, 5.41) is 13.6. The molecule has 0 aliphatic carbocycles. The molecule has 0 fully saturated rings. The molecule has 21 heavy (non-hydrogen) atoms. The first-order chi connectivity index (χ1) is 10.0. The van der Waals surface area contributed by atoms with E-state index in [4.69, 9.17) is 32.7 Å². The van der Waals surface area contributed by atoms with Crippen LogP contribution in [0.4, 0.5) is 0 Å². The van der Waals surface area contributed by atoms with Gasteiger partial charge in [0.1, 0.15) is 18.5 Å². The minimum absolute atomic E-state index is 0.0910. The van der Waals surface area contributed by atoms with Gasteiger partial charge in [-0.05, 0) is 25.1 Å². The summed E-state index contributed by atoms with van der Waals surface area (Å²) < 4.78 is 10.2. The van der Waals surface area contributed by atoms with Gasteiger partial charge in [-0.3, -0.25) is 4.79 Å². The fourth-order valence-corrected chi connectivity index (χ4v) is 1.99. The Morgan fingerprint density at radius 2 is 2.19 bits per heavy atom. The van der Waals surface area contributed by atoms with Crippen LogP contribution in [0.15, 0.2) is 18.2 Å². The maximum absolute atomic E-state index is 11.1. The van der Waals surface area contributed by atoms with Crippen LogP contribution in [0, 0.1) is 0 Å². The molecule has 0 saturated carbocycles. The van der Waals surface area contributed by atoms with Crippen molar-refractivity contribution in [2.24, 2.45) is 0 Å². The van der Waals surface area contributed by atoms with Crippen molar-refractivity contribution >= 4 is 29.2 Å². The number of esters is 1. The first-order valence-electron chi connectivity index (χ1n) is 6.65. The van der Waals surface area contributed by atoms with Crippen molar-refractivity contribution in [1.29, 1.82) is 0 Å². The number of nitrogens with one attached hydrogen (secondary N) is 1. The molecule has 0 amide bonds. The van der Waals surface area contributed by atoms with Crippen molar-refractivity contribution in [3.05, 3.63) is 28.2 Å². The van der Waals surface area contributed by atoms with Crippen LogP contribution in [0.5, 0.6) is 5.75 Å². The van der Waals surface area contributed by atoms with Crippen molar-refractivity contribution in [3.63, 3.8) is 0 Å². The summed E-state index contributed by atoms with van der Waals surface area (Å²) in [6.07, 6.45) is -0.441. The Bertz CT molecular complexity index is 457. The van der Waals surface area contributed by atoms with Gasteiger partial charge in [0.05, 0.1) is 18.1 Å². The first kappa shape index (κ1) is 18.0. The van der Waals surface area contributed by atoms with E-state index in [1.54, 1.807) is 25.1 Å². The molecule has 0 saturated heterocycles. The largest absolute Gasteiger partial charge is 0.489 e. The molecule has 0 aliphatic heterocycles. The van der Waals surface area contributed by atoms with E-state index in [-0.39, 0.29) is 19.0 Å². The topological polar surface area (TPSA) is 67.8 Å². The van der Waals surface area contributed by atoms with Crippen LogP contribution in [0.1, 0.15) is 13.3 Å². The Kier molecular flexibility index (Phi) is 8.45. The van der Waals surface area contributed by atoms with Gasteiger partial charge in [0.25, 0.3) is 0 Å². The second-order valence-corrected chi connectivity index (χ2v) is 5.14. The van der Waals surface area contributed by atoms with Crippen LogP contribution in [-0.4, -0.2) is 43.5 Å². The summed E-state index contributed by atoms with van der Waals surface area (Å²) in [7, 11) is 0. The zero-order chi connectivity index (χ0) is 15.7. The number of rotatable bonds is 9. The number of carbonyl (C=O) groups is 1. The smallest absolute Gasteiger partial charge is 0.307 e. The lowest BCUT2D eigenvalue weighted by atomic mass is 10.3. The van der Waals surface area contributed by atoms with Crippen LogP contribution in [-0.2, 0) is 9.53 Å². The molecule has 1 aromatic rings. The molecular weight excluding hydrogens is 317 g/mol. The predicted octanol–water partition coefficient (Wildman–Crippen LogP) is 2.28. The molecule has 1 unspecified atom stereocenters. The van der Waals surface area contributed by atoms with E-state index in [1.807, 2.05) is 0 Å². The number of ether oxygens (including phenoxy) is 2. The van der Waals surface area contributed by atoms with Crippen molar-refractivity contribution in [2.75, 3.05) is 26.3 Å². The van der Waals surface area contributed by atoms with Gasteiger partial charge in [-0.25, -0.2) is 0 Å². The maximum atomic E-state index is 11.1. The van der Waals surface area contributed by atoms with Gasteiger partial charge in [-0.15, -0.1) is 0 Å². The van der Waals surface area contributed by atoms with E-state index in [0.717, 1.165) is 0 Å². The van der Waals surface area contributed by atoms with Gasteiger partial charge < -0.3 is 19.9 Å². The third-order valence-corrected chi connectivity index (χ3v) is 3.05. The number of hydrogen-bond donors (Lipinski definition) is 2. The molecule has 0 aliphatic rings. The maximum Gasteiger partial charge on any atom is 0.307 e. The Morgan fingerprint density at radius 1 is 1.43 bits per heavy atom. The Hall–Kier alpha value is -1.01. The molecule has 5 nitrogen and oxygen atoms in total. The first-order valence-corrected chi connectivity index (χ1v) is 7.40. The number of aliphatic hydroxyl groups is 1. The van der Waals surface area contributed by atoms with Crippen molar-refractivity contribution in [1.82, 2.24) is 5.32 Å². The second kappa shape index (κ2) is 9.84. The van der Waals surface area contributed by atoms with Crippen LogP contribution < -0.4 is 10.1 Å². The van der Waals surface area contributed by atoms with E-state index >= 15 is 0 Å². The highest BCUT2D eigenvalue weighted by molar-refractivity contribution is 6.35. The number of aliphatic hydroxyl groups excluding tert-OH is 1. The van der Waals surface area contributed by atoms with Gasteiger partial charge in [0, 0.05) is 18.1 Å². The lowest BCUT2D eigenvalue weighted by Gasteiger charge is -2.14. The molecule has 2 N–H and O–H groups in total. The lowest BCUT2D eigenvalue weighted by molar-refractivity contribution is -0.143. The lowest BCUT2D eigenvalue weighted by Crippen LogP contribution is -2.32. The average Bonchev–Trinajstić information content (AvgIpc) is 2.43. The molecule has 7 heteroatoms. The molecule has 1 rings (SSSR count). The molecule has 0 bridgehead atoms. The summed E-state index contributed by atoms with van der Waals surface area (Å²) in [4.78, 5) is 11.1. The predicted molar refractivity (Wildman–Crippen MR) is 82.1 cm³/mol. The third kappa shape index (κ3) is 7.52. The summed E-state index contributed by atoms with van der Waals surface area (Å²) in [5.74, 6) is 0.204. The van der Waals surface area contributed by atoms with Gasteiger partial charge in [-0.2, -0.15) is 0 Å². The molecule has 0 heterocycles. The number of hydrogen-bond acceptors (Lipinski definition) is 5. The van der Waals surface area contributed by atoms with Crippen molar-refractivity contribution in [3.8, 4) is 5.75 Å². The molecule has 118 valence electrons. The summed E-state index contributed by atoms with van der Waals surface area (Å²) in [6.45, 7) is 2.97. The van der Waals surface area contributed by atoms with Crippen LogP contribution in [0.25, 0.3) is 0 Å². The summed E-state index contributed by atoms with van der Waals surface area (Å²) in [6, 6.07) is 4.88. The minimum Gasteiger partial charge on any atom is -0.489 e. The molecule has 0 radical (unpaired) electrons. The molecular formula is C14H19Cl2NO4. The normalized spacial score (nSPS) is 12.0. The van der Waals surface area contributed by atoms with E-state index in [2.05, 4.69) is 5.32 Å². The third-order valence-electron chi connectivity index (χ3n) is 2.52. The minimum atomic E-state index is -0.709. The number of benzene rings is 1. The standard InChI is InChI=1S/C14H19Cl2NO4/c1-2-20-14(19)5-6-17-8-11(18)9-21-13-4-3-10(15)7-12(13)16/h3-4,7,11,17-18H,2,5-6,8-9H2,1H3. The monoisotopic (exact) mass is 335 g/mol. The van der Waals surface area contributed by atoms with E-state index in [9.17, 15) is 9.90 Å². The van der Waals surface area contributed by atoms with Gasteiger partial charge in [0.15, 0.2) is 0 Å². The molecule has 0 aromatic heterocycles. The molecule has 0 spiro atoms. The second-order valence-electron chi connectivity index (χ2n) is 4.30. The quantitative estimate of drug-likeness (QED) is 0.535. The fraction of sp³-hybridized carbons (Fsp3) is 0.500. The Balaban J connectivity index is 2.19. The zero-order valence-electron chi connectivity index (χ0n) is 11.8. The van der Waals surface area contributed by atoms with Gasteiger partial charge >= 0.3 is 5.97 Å². The van der Waals surface area contributed by atoms with Crippen LogP contribution in [0.2, 0.25) is 10.0 Å². The Labute approximate surface area is 134 Å². The highest BCUT2D eigenvalue weighted by Gasteiger charge is 2.08. The van der Waals surface area contributed by atoms with Gasteiger partial charge in [-0.1, -0.05) is 23.2 Å². The van der Waals surface area contributed by atoms with Crippen molar-refractivity contribution in [2.45, 2.75) is 19.4 Å². The van der Waals surface area contributed by atoms with Gasteiger partial charge in [0.2, 0.25) is 0 Å². The highest BCUT2D eigenvalue weighted by atomic mass is 35.5. The van der Waals surface area contributed by atoms with Crippen LogP contribution in [0.3, 0.4) is 0 Å². The number of halogens is 2. The zero-order valence-corrected chi connectivity index (χ0v) is 13.3. The van der Waals surface area contributed by atoms with E-state index in [0.29, 0.717) is 35.5 Å². The van der Waals surface area contributed by atoms with E-state index < -0.39 is 6.10 Å². The molecule has 1 aromatic carbocycles. The fourth-order valence-electron chi connectivity index (χ4n) is 1.53. The molecule has 1 atom stereocenters. The highest BCUT2D eigenvalue weighted by Crippen LogP contribution is 2.27. The average molecular weight is 336 g/mol. The SMILES string of the molecule is CCOC(=O)CCNCC(O)COc1ccc(Cl)cc1Cl.